The topological polar surface area (TPSA) is 35.8 Å². The smallest absolute Gasteiger partial charge is 0.0992 e. The Hall–Kier alpha value is -1.20. The average molecular weight is 251 g/mol. The normalized spacial score (nSPS) is 10.3. The van der Waals surface area contributed by atoms with Gasteiger partial charge in [-0.2, -0.15) is 5.26 Å². The number of nitriles is 1. The SMILES string of the molecule is CCCC(CCC)Nc1cc(C#N)ccc1Cl. The van der Waals surface area contributed by atoms with Crippen LogP contribution >= 0.6 is 11.6 Å². The van der Waals surface area contributed by atoms with Crippen molar-refractivity contribution in [2.45, 2.75) is 45.6 Å². The highest BCUT2D eigenvalue weighted by atomic mass is 35.5. The quantitative estimate of drug-likeness (QED) is 0.801. The summed E-state index contributed by atoms with van der Waals surface area (Å²) < 4.78 is 0. The van der Waals surface area contributed by atoms with E-state index < -0.39 is 0 Å². The number of nitrogens with zero attached hydrogens (tertiary/aromatic N) is 1. The molecule has 0 heterocycles. The Balaban J connectivity index is 2.80. The maximum absolute atomic E-state index is 8.87. The van der Waals surface area contributed by atoms with Gasteiger partial charge in [0.1, 0.15) is 0 Å². The van der Waals surface area contributed by atoms with Crippen LogP contribution in [0.5, 0.6) is 0 Å². The van der Waals surface area contributed by atoms with Crippen molar-refractivity contribution >= 4 is 17.3 Å². The summed E-state index contributed by atoms with van der Waals surface area (Å²) in [6.45, 7) is 4.36. The Labute approximate surface area is 109 Å². The second-order valence-corrected chi connectivity index (χ2v) is 4.63. The van der Waals surface area contributed by atoms with Gasteiger partial charge in [-0.1, -0.05) is 38.3 Å². The van der Waals surface area contributed by atoms with Gasteiger partial charge in [-0.3, -0.25) is 0 Å². The van der Waals surface area contributed by atoms with Gasteiger partial charge in [-0.05, 0) is 31.0 Å². The summed E-state index contributed by atoms with van der Waals surface area (Å²) in [5.41, 5.74) is 1.52. The molecule has 0 unspecified atom stereocenters. The molecular formula is C14H19ClN2. The number of rotatable bonds is 6. The monoisotopic (exact) mass is 250 g/mol. The summed E-state index contributed by atoms with van der Waals surface area (Å²) in [6, 6.07) is 7.91. The van der Waals surface area contributed by atoms with Crippen LogP contribution in [0.25, 0.3) is 0 Å². The third-order valence-corrected chi connectivity index (χ3v) is 3.06. The maximum atomic E-state index is 8.87. The van der Waals surface area contributed by atoms with Crippen LogP contribution in [-0.4, -0.2) is 6.04 Å². The van der Waals surface area contributed by atoms with E-state index in [-0.39, 0.29) is 0 Å². The van der Waals surface area contributed by atoms with Crippen molar-refractivity contribution in [3.05, 3.63) is 28.8 Å². The molecule has 92 valence electrons. The van der Waals surface area contributed by atoms with Crippen LogP contribution in [-0.2, 0) is 0 Å². The largest absolute Gasteiger partial charge is 0.381 e. The Morgan fingerprint density at radius 2 is 1.94 bits per heavy atom. The van der Waals surface area contributed by atoms with Gasteiger partial charge < -0.3 is 5.32 Å². The first-order valence-electron chi connectivity index (χ1n) is 6.17. The molecule has 0 bridgehead atoms. The highest BCUT2D eigenvalue weighted by Crippen LogP contribution is 2.25. The van der Waals surface area contributed by atoms with Gasteiger partial charge in [0.2, 0.25) is 0 Å². The minimum Gasteiger partial charge on any atom is -0.381 e. The molecule has 2 nitrogen and oxygen atoms in total. The average Bonchev–Trinajstić information content (AvgIpc) is 2.32. The zero-order valence-electron chi connectivity index (χ0n) is 10.5. The van der Waals surface area contributed by atoms with E-state index in [0.717, 1.165) is 31.4 Å². The van der Waals surface area contributed by atoms with E-state index in [1.807, 2.05) is 6.07 Å². The zero-order chi connectivity index (χ0) is 12.7. The third kappa shape index (κ3) is 4.28. The lowest BCUT2D eigenvalue weighted by Crippen LogP contribution is -2.19. The summed E-state index contributed by atoms with van der Waals surface area (Å²) in [7, 11) is 0. The van der Waals surface area contributed by atoms with E-state index in [0.29, 0.717) is 16.6 Å². The molecule has 17 heavy (non-hydrogen) atoms. The minimum absolute atomic E-state index is 0.441. The van der Waals surface area contributed by atoms with Gasteiger partial charge in [0.05, 0.1) is 22.3 Å². The van der Waals surface area contributed by atoms with Gasteiger partial charge in [0, 0.05) is 6.04 Å². The number of anilines is 1. The summed E-state index contributed by atoms with van der Waals surface area (Å²) in [5, 5.41) is 13.0. The molecule has 1 rings (SSSR count). The number of hydrogen-bond acceptors (Lipinski definition) is 2. The highest BCUT2D eigenvalue weighted by Gasteiger charge is 2.09. The Morgan fingerprint density at radius 3 is 2.47 bits per heavy atom. The fraction of sp³-hybridized carbons (Fsp3) is 0.500. The fourth-order valence-corrected chi connectivity index (χ4v) is 2.08. The molecule has 1 aromatic rings. The van der Waals surface area contributed by atoms with Gasteiger partial charge in [0.15, 0.2) is 0 Å². The number of nitrogens with one attached hydrogen (secondary N) is 1. The lowest BCUT2D eigenvalue weighted by molar-refractivity contribution is 0.586. The number of benzene rings is 1. The lowest BCUT2D eigenvalue weighted by Gasteiger charge is -2.19. The lowest BCUT2D eigenvalue weighted by atomic mass is 10.1. The van der Waals surface area contributed by atoms with Crippen LogP contribution in [0, 0.1) is 11.3 Å². The first-order valence-corrected chi connectivity index (χ1v) is 6.55. The summed E-state index contributed by atoms with van der Waals surface area (Å²) >= 11 is 6.13. The molecule has 0 aromatic heterocycles. The van der Waals surface area contributed by atoms with Crippen LogP contribution in [0.3, 0.4) is 0 Å². The second-order valence-electron chi connectivity index (χ2n) is 4.23. The third-order valence-electron chi connectivity index (χ3n) is 2.73. The molecule has 0 atom stereocenters. The highest BCUT2D eigenvalue weighted by molar-refractivity contribution is 6.33. The summed E-state index contributed by atoms with van der Waals surface area (Å²) in [4.78, 5) is 0. The molecule has 0 aliphatic carbocycles. The Kier molecular flexibility index (Phi) is 5.86. The molecule has 1 aromatic carbocycles. The predicted octanol–water partition coefficient (Wildman–Crippen LogP) is 4.59. The Bertz CT molecular complexity index is 390. The second kappa shape index (κ2) is 7.19. The standard InChI is InChI=1S/C14H19ClN2/c1-3-5-12(6-4-2)17-14-9-11(10-16)7-8-13(14)15/h7-9,12,17H,3-6H2,1-2H3. The molecule has 0 spiro atoms. The van der Waals surface area contributed by atoms with Crippen molar-refractivity contribution in [1.82, 2.24) is 0 Å². The van der Waals surface area contributed by atoms with Crippen molar-refractivity contribution < 1.29 is 0 Å². The van der Waals surface area contributed by atoms with Crippen molar-refractivity contribution in [3.63, 3.8) is 0 Å². The molecule has 3 heteroatoms. The zero-order valence-corrected chi connectivity index (χ0v) is 11.2. The van der Waals surface area contributed by atoms with Gasteiger partial charge in [-0.15, -0.1) is 0 Å². The first kappa shape index (κ1) is 13.9. The van der Waals surface area contributed by atoms with Crippen molar-refractivity contribution in [2.24, 2.45) is 0 Å². The molecule has 0 radical (unpaired) electrons. The maximum Gasteiger partial charge on any atom is 0.0992 e. The van der Waals surface area contributed by atoms with E-state index in [4.69, 9.17) is 16.9 Å². The van der Waals surface area contributed by atoms with Crippen molar-refractivity contribution in [2.75, 3.05) is 5.32 Å². The summed E-state index contributed by atoms with van der Waals surface area (Å²) in [6.07, 6.45) is 4.54. The number of halogens is 1. The molecule has 0 aliphatic rings. The summed E-state index contributed by atoms with van der Waals surface area (Å²) in [5.74, 6) is 0. The van der Waals surface area contributed by atoms with Crippen molar-refractivity contribution in [1.29, 1.82) is 5.26 Å². The minimum atomic E-state index is 0.441. The Morgan fingerprint density at radius 1 is 1.29 bits per heavy atom. The van der Waals surface area contributed by atoms with Crippen LogP contribution in [0.4, 0.5) is 5.69 Å². The van der Waals surface area contributed by atoms with Gasteiger partial charge >= 0.3 is 0 Å². The van der Waals surface area contributed by atoms with Crippen LogP contribution in [0.1, 0.15) is 45.1 Å². The molecule has 0 amide bonds. The molecule has 0 aliphatic heterocycles. The predicted molar refractivity (Wildman–Crippen MR) is 73.4 cm³/mol. The van der Waals surface area contributed by atoms with E-state index in [1.165, 1.54) is 0 Å². The van der Waals surface area contributed by atoms with Gasteiger partial charge in [-0.25, -0.2) is 0 Å². The van der Waals surface area contributed by atoms with E-state index in [9.17, 15) is 0 Å². The fourth-order valence-electron chi connectivity index (χ4n) is 1.91. The van der Waals surface area contributed by atoms with E-state index >= 15 is 0 Å². The molecule has 0 fully saturated rings. The van der Waals surface area contributed by atoms with Crippen LogP contribution < -0.4 is 5.32 Å². The molecule has 1 N–H and O–H groups in total. The van der Waals surface area contributed by atoms with Crippen LogP contribution in [0.2, 0.25) is 5.02 Å². The van der Waals surface area contributed by atoms with Crippen LogP contribution in [0.15, 0.2) is 18.2 Å². The molecule has 0 saturated heterocycles. The molecule has 0 saturated carbocycles. The van der Waals surface area contributed by atoms with Crippen molar-refractivity contribution in [3.8, 4) is 6.07 Å². The number of hydrogen-bond donors (Lipinski definition) is 1. The van der Waals surface area contributed by atoms with E-state index in [2.05, 4.69) is 25.2 Å². The van der Waals surface area contributed by atoms with E-state index in [1.54, 1.807) is 12.1 Å². The van der Waals surface area contributed by atoms with Gasteiger partial charge in [0.25, 0.3) is 0 Å². The molecular weight excluding hydrogens is 232 g/mol. The first-order chi connectivity index (χ1) is 8.21.